The van der Waals surface area contributed by atoms with E-state index in [-0.39, 0.29) is 0 Å². The van der Waals surface area contributed by atoms with Gasteiger partial charge in [0.05, 0.1) is 0 Å². The van der Waals surface area contributed by atoms with Crippen molar-refractivity contribution in [1.82, 2.24) is 15.1 Å². The van der Waals surface area contributed by atoms with Crippen molar-refractivity contribution in [1.29, 1.82) is 0 Å². The molecule has 18 heavy (non-hydrogen) atoms. The van der Waals surface area contributed by atoms with Crippen molar-refractivity contribution in [2.75, 3.05) is 52.4 Å². The van der Waals surface area contributed by atoms with Crippen molar-refractivity contribution >= 4 is 0 Å². The molecule has 0 spiro atoms. The maximum absolute atomic E-state index is 3.60. The highest BCUT2D eigenvalue weighted by Gasteiger charge is 2.24. The fraction of sp³-hybridized carbons (Fsp3) is 1.00. The predicted molar refractivity (Wildman–Crippen MR) is 80.0 cm³/mol. The largest absolute Gasteiger partial charge is 0.316 e. The lowest BCUT2D eigenvalue weighted by molar-refractivity contribution is 0.0991. The summed E-state index contributed by atoms with van der Waals surface area (Å²) in [5.41, 5.74) is 0.378. The number of piperazine rings is 1. The Balaban J connectivity index is 2.23. The molecule has 0 aromatic carbocycles. The standard InChI is InChI=1S/C15H33N3/c1-6-17-7-9-18(10-8-17)13-15(4,5)12-16-11-14(2)3/h14,16H,6-13H2,1-5H3. The SMILES string of the molecule is CCN1CCN(CC(C)(C)CNCC(C)C)CC1. The summed E-state index contributed by atoms with van der Waals surface area (Å²) in [5.74, 6) is 0.744. The quantitative estimate of drug-likeness (QED) is 0.749. The van der Waals surface area contributed by atoms with Crippen molar-refractivity contribution in [2.24, 2.45) is 11.3 Å². The lowest BCUT2D eigenvalue weighted by Crippen LogP contribution is -2.50. The summed E-state index contributed by atoms with van der Waals surface area (Å²) in [6, 6.07) is 0. The first-order valence-electron chi connectivity index (χ1n) is 7.58. The van der Waals surface area contributed by atoms with E-state index in [1.165, 1.54) is 39.3 Å². The third-order valence-electron chi connectivity index (χ3n) is 3.72. The minimum absolute atomic E-state index is 0.378. The highest BCUT2D eigenvalue weighted by molar-refractivity contribution is 4.80. The second-order valence-corrected chi connectivity index (χ2v) is 6.90. The summed E-state index contributed by atoms with van der Waals surface area (Å²) < 4.78 is 0. The van der Waals surface area contributed by atoms with Crippen LogP contribution >= 0.6 is 0 Å². The number of hydrogen-bond donors (Lipinski definition) is 1. The Kier molecular flexibility index (Phi) is 6.61. The molecule has 1 rings (SSSR count). The normalized spacial score (nSPS) is 19.7. The lowest BCUT2D eigenvalue weighted by atomic mass is 9.92. The molecule has 3 nitrogen and oxygen atoms in total. The summed E-state index contributed by atoms with van der Waals surface area (Å²) >= 11 is 0. The molecule has 108 valence electrons. The van der Waals surface area contributed by atoms with Gasteiger partial charge in [-0.15, -0.1) is 0 Å². The van der Waals surface area contributed by atoms with Gasteiger partial charge in [0.2, 0.25) is 0 Å². The average Bonchev–Trinajstić information content (AvgIpc) is 2.28. The van der Waals surface area contributed by atoms with Gasteiger partial charge in [0.15, 0.2) is 0 Å². The molecule has 0 aromatic heterocycles. The first kappa shape index (κ1) is 15.9. The van der Waals surface area contributed by atoms with Crippen LogP contribution in [0.3, 0.4) is 0 Å². The van der Waals surface area contributed by atoms with E-state index in [4.69, 9.17) is 0 Å². The summed E-state index contributed by atoms with van der Waals surface area (Å²) in [6.45, 7) is 21.2. The second kappa shape index (κ2) is 7.46. The average molecular weight is 255 g/mol. The Bertz CT molecular complexity index is 218. The zero-order valence-corrected chi connectivity index (χ0v) is 13.1. The fourth-order valence-electron chi connectivity index (χ4n) is 2.62. The van der Waals surface area contributed by atoms with Crippen molar-refractivity contribution < 1.29 is 0 Å². The van der Waals surface area contributed by atoms with Crippen LogP contribution in [0.25, 0.3) is 0 Å². The van der Waals surface area contributed by atoms with Crippen molar-refractivity contribution in [3.05, 3.63) is 0 Å². The molecule has 0 radical (unpaired) electrons. The molecule has 0 atom stereocenters. The van der Waals surface area contributed by atoms with Gasteiger partial charge >= 0.3 is 0 Å². The van der Waals surface area contributed by atoms with Crippen LogP contribution < -0.4 is 5.32 Å². The van der Waals surface area contributed by atoms with E-state index >= 15 is 0 Å². The van der Waals surface area contributed by atoms with E-state index in [0.29, 0.717) is 5.41 Å². The van der Waals surface area contributed by atoms with Gasteiger partial charge in [-0.1, -0.05) is 34.6 Å². The molecule has 0 aliphatic carbocycles. The molecule has 1 fully saturated rings. The Morgan fingerprint density at radius 2 is 1.61 bits per heavy atom. The monoisotopic (exact) mass is 255 g/mol. The van der Waals surface area contributed by atoms with Gasteiger partial charge in [-0.05, 0) is 24.4 Å². The van der Waals surface area contributed by atoms with Gasteiger partial charge in [0.1, 0.15) is 0 Å². The third-order valence-corrected chi connectivity index (χ3v) is 3.72. The number of rotatable bonds is 7. The Morgan fingerprint density at radius 3 is 2.11 bits per heavy atom. The summed E-state index contributed by atoms with van der Waals surface area (Å²) in [5, 5.41) is 3.60. The molecule has 0 unspecified atom stereocenters. The summed E-state index contributed by atoms with van der Waals surface area (Å²) in [6.07, 6.45) is 0. The van der Waals surface area contributed by atoms with Gasteiger partial charge in [0, 0.05) is 39.3 Å². The van der Waals surface area contributed by atoms with Crippen LogP contribution in [0.4, 0.5) is 0 Å². The molecule has 1 N–H and O–H groups in total. The highest BCUT2D eigenvalue weighted by atomic mass is 15.3. The molecule has 0 amide bonds. The zero-order valence-electron chi connectivity index (χ0n) is 13.1. The molecule has 3 heteroatoms. The third kappa shape index (κ3) is 6.17. The maximum Gasteiger partial charge on any atom is 0.0110 e. The van der Waals surface area contributed by atoms with Crippen LogP contribution in [0, 0.1) is 11.3 Å². The van der Waals surface area contributed by atoms with Crippen molar-refractivity contribution in [3.8, 4) is 0 Å². The molecular formula is C15H33N3. The van der Waals surface area contributed by atoms with Gasteiger partial charge in [-0.25, -0.2) is 0 Å². The number of nitrogens with one attached hydrogen (secondary N) is 1. The van der Waals surface area contributed by atoms with Gasteiger partial charge in [0.25, 0.3) is 0 Å². The van der Waals surface area contributed by atoms with Crippen LogP contribution in [0.15, 0.2) is 0 Å². The van der Waals surface area contributed by atoms with E-state index in [0.717, 1.165) is 19.0 Å². The van der Waals surface area contributed by atoms with E-state index < -0.39 is 0 Å². The minimum Gasteiger partial charge on any atom is -0.316 e. The van der Waals surface area contributed by atoms with Crippen molar-refractivity contribution in [2.45, 2.75) is 34.6 Å². The molecule has 0 bridgehead atoms. The molecule has 0 aromatic rings. The van der Waals surface area contributed by atoms with E-state index in [2.05, 4.69) is 49.7 Å². The smallest absolute Gasteiger partial charge is 0.0110 e. The molecule has 1 aliphatic rings. The molecule has 1 aliphatic heterocycles. The van der Waals surface area contributed by atoms with Gasteiger partial charge < -0.3 is 15.1 Å². The maximum atomic E-state index is 3.60. The van der Waals surface area contributed by atoms with Crippen LogP contribution in [0.1, 0.15) is 34.6 Å². The number of nitrogens with zero attached hydrogens (tertiary/aromatic N) is 2. The van der Waals surface area contributed by atoms with E-state index in [1.807, 2.05) is 0 Å². The minimum atomic E-state index is 0.378. The topological polar surface area (TPSA) is 18.5 Å². The predicted octanol–water partition coefficient (Wildman–Crippen LogP) is 1.90. The van der Waals surface area contributed by atoms with Gasteiger partial charge in [-0.2, -0.15) is 0 Å². The zero-order chi connectivity index (χ0) is 13.6. The van der Waals surface area contributed by atoms with Crippen molar-refractivity contribution in [3.63, 3.8) is 0 Å². The first-order chi connectivity index (χ1) is 8.43. The number of likely N-dealkylation sites (N-methyl/N-ethyl adjacent to an activating group) is 1. The highest BCUT2D eigenvalue weighted by Crippen LogP contribution is 2.17. The number of hydrogen-bond acceptors (Lipinski definition) is 3. The van der Waals surface area contributed by atoms with Crippen LogP contribution in [0.2, 0.25) is 0 Å². The Hall–Kier alpha value is -0.120. The second-order valence-electron chi connectivity index (χ2n) is 6.90. The molecular weight excluding hydrogens is 222 g/mol. The molecule has 1 heterocycles. The van der Waals surface area contributed by atoms with E-state index in [9.17, 15) is 0 Å². The fourth-order valence-corrected chi connectivity index (χ4v) is 2.62. The Labute approximate surface area is 114 Å². The van der Waals surface area contributed by atoms with E-state index in [1.54, 1.807) is 0 Å². The Morgan fingerprint density at radius 1 is 1.06 bits per heavy atom. The first-order valence-corrected chi connectivity index (χ1v) is 7.58. The summed E-state index contributed by atoms with van der Waals surface area (Å²) in [4.78, 5) is 5.17. The van der Waals surface area contributed by atoms with Crippen LogP contribution in [-0.2, 0) is 0 Å². The molecule has 1 saturated heterocycles. The molecule has 0 saturated carbocycles. The van der Waals surface area contributed by atoms with Gasteiger partial charge in [-0.3, -0.25) is 0 Å². The van der Waals surface area contributed by atoms with Crippen LogP contribution in [-0.4, -0.2) is 62.2 Å². The lowest BCUT2D eigenvalue weighted by Gasteiger charge is -2.38. The van der Waals surface area contributed by atoms with Crippen LogP contribution in [0.5, 0.6) is 0 Å². The summed E-state index contributed by atoms with van der Waals surface area (Å²) in [7, 11) is 0.